The van der Waals surface area contributed by atoms with Crippen LogP contribution in [0.15, 0.2) is 36.4 Å². The molecule has 1 aromatic heterocycles. The van der Waals surface area contributed by atoms with Crippen molar-refractivity contribution in [3.63, 3.8) is 0 Å². The first-order valence-electron chi connectivity index (χ1n) is 8.82. The molecule has 1 aliphatic rings. The normalized spacial score (nSPS) is 19.3. The minimum atomic E-state index is -0.357. The highest BCUT2D eigenvalue weighted by Crippen LogP contribution is 2.36. The van der Waals surface area contributed by atoms with Crippen molar-refractivity contribution < 1.29 is 9.50 Å². The predicted octanol–water partition coefficient (Wildman–Crippen LogP) is 5.10. The molecule has 0 aliphatic carbocycles. The zero-order valence-corrected chi connectivity index (χ0v) is 17.5. The average molecular weight is 438 g/mol. The summed E-state index contributed by atoms with van der Waals surface area (Å²) in [5.41, 5.74) is 1.79. The van der Waals surface area contributed by atoms with Gasteiger partial charge in [-0.1, -0.05) is 29.3 Å². The molecule has 2 heterocycles. The Morgan fingerprint density at radius 2 is 2.00 bits per heavy atom. The molecule has 0 spiro atoms. The summed E-state index contributed by atoms with van der Waals surface area (Å²) in [6.07, 6.45) is 0.630. The first kappa shape index (κ1) is 19.7. The molecule has 1 atom stereocenters. The zero-order chi connectivity index (χ0) is 19.9. The second-order valence-corrected chi connectivity index (χ2v) is 9.57. The number of fused-ring (bicyclic) bond motifs is 1. The maximum Gasteiger partial charge on any atom is 0.165 e. The van der Waals surface area contributed by atoms with Crippen LogP contribution in [0.5, 0.6) is 0 Å². The number of hydrogen-bond donors (Lipinski definition) is 1. The Kier molecular flexibility index (Phi) is 5.40. The summed E-state index contributed by atoms with van der Waals surface area (Å²) >= 11 is 14.3. The van der Waals surface area contributed by atoms with Crippen molar-refractivity contribution in [2.45, 2.75) is 24.6 Å². The Labute approximate surface area is 176 Å². The van der Waals surface area contributed by atoms with Crippen molar-refractivity contribution in [1.29, 1.82) is 0 Å². The molecule has 0 saturated heterocycles. The van der Waals surface area contributed by atoms with Crippen LogP contribution in [0.4, 0.5) is 4.39 Å². The van der Waals surface area contributed by atoms with Gasteiger partial charge in [0.25, 0.3) is 0 Å². The number of aromatic nitrogens is 3. The molecule has 1 N–H and O–H groups in total. The molecule has 1 aliphatic heterocycles. The van der Waals surface area contributed by atoms with E-state index in [9.17, 15) is 9.50 Å². The summed E-state index contributed by atoms with van der Waals surface area (Å²) in [7, 11) is 0. The number of benzene rings is 2. The fraction of sp³-hybridized carbons (Fsp3) is 0.300. The SMILES string of the molecule is CC1(CO)Cc2nnc(-c3ccc(-c4cc(Cl)ccc4F)cc3Cl)n2CCS1. The van der Waals surface area contributed by atoms with Crippen LogP contribution in [0.1, 0.15) is 12.7 Å². The monoisotopic (exact) mass is 437 g/mol. The third-order valence-electron chi connectivity index (χ3n) is 4.91. The second kappa shape index (κ2) is 7.67. The maximum absolute atomic E-state index is 14.2. The van der Waals surface area contributed by atoms with Gasteiger partial charge in [-0.25, -0.2) is 4.39 Å². The lowest BCUT2D eigenvalue weighted by Crippen LogP contribution is -2.28. The fourth-order valence-corrected chi connectivity index (χ4v) is 4.88. The lowest BCUT2D eigenvalue weighted by molar-refractivity contribution is 0.254. The molecule has 0 amide bonds. The highest BCUT2D eigenvalue weighted by molar-refractivity contribution is 8.00. The smallest absolute Gasteiger partial charge is 0.165 e. The van der Waals surface area contributed by atoms with Crippen molar-refractivity contribution in [3.8, 4) is 22.5 Å². The molecule has 0 bridgehead atoms. The molecular weight excluding hydrogens is 420 g/mol. The third-order valence-corrected chi connectivity index (χ3v) is 6.81. The maximum atomic E-state index is 14.2. The van der Waals surface area contributed by atoms with E-state index in [0.29, 0.717) is 33.4 Å². The van der Waals surface area contributed by atoms with E-state index >= 15 is 0 Å². The predicted molar refractivity (Wildman–Crippen MR) is 113 cm³/mol. The van der Waals surface area contributed by atoms with Gasteiger partial charge in [0.2, 0.25) is 0 Å². The summed E-state index contributed by atoms with van der Waals surface area (Å²) in [6, 6.07) is 9.79. The van der Waals surface area contributed by atoms with Gasteiger partial charge in [0.1, 0.15) is 11.6 Å². The van der Waals surface area contributed by atoms with E-state index in [0.717, 1.165) is 23.7 Å². The highest BCUT2D eigenvalue weighted by Gasteiger charge is 2.31. The minimum absolute atomic E-state index is 0.0838. The van der Waals surface area contributed by atoms with E-state index in [2.05, 4.69) is 14.8 Å². The number of aliphatic hydroxyl groups is 1. The molecule has 8 heteroatoms. The Morgan fingerprint density at radius 1 is 1.18 bits per heavy atom. The van der Waals surface area contributed by atoms with Gasteiger partial charge in [-0.15, -0.1) is 10.2 Å². The Balaban J connectivity index is 1.73. The van der Waals surface area contributed by atoms with Crippen molar-refractivity contribution >= 4 is 35.0 Å². The molecule has 3 aromatic rings. The zero-order valence-electron chi connectivity index (χ0n) is 15.1. The third kappa shape index (κ3) is 3.66. The summed E-state index contributed by atoms with van der Waals surface area (Å²) in [4.78, 5) is 0. The molecule has 146 valence electrons. The topological polar surface area (TPSA) is 50.9 Å². The molecule has 0 radical (unpaired) electrons. The van der Waals surface area contributed by atoms with E-state index in [1.807, 2.05) is 13.0 Å². The van der Waals surface area contributed by atoms with Crippen LogP contribution >= 0.6 is 35.0 Å². The summed E-state index contributed by atoms with van der Waals surface area (Å²) in [5.74, 6) is 2.00. The second-order valence-electron chi connectivity index (χ2n) is 7.04. The van der Waals surface area contributed by atoms with Crippen LogP contribution in [0.25, 0.3) is 22.5 Å². The number of hydrogen-bond acceptors (Lipinski definition) is 4. The standard InChI is InChI=1S/C20H18Cl2FN3OS/c1-20(11-27)10-18-24-25-19(26(18)6-7-28-20)14-4-2-12(8-16(14)22)15-9-13(21)3-5-17(15)23/h2-5,8-9,27H,6-7,10-11H2,1H3. The summed E-state index contributed by atoms with van der Waals surface area (Å²) in [5, 5.41) is 19.3. The molecule has 1 unspecified atom stereocenters. The van der Waals surface area contributed by atoms with Gasteiger partial charge in [0.15, 0.2) is 5.82 Å². The summed E-state index contributed by atoms with van der Waals surface area (Å²) < 4.78 is 16.0. The molecule has 0 fully saturated rings. The molecule has 0 saturated carbocycles. The lowest BCUT2D eigenvalue weighted by atomic mass is 10.0. The van der Waals surface area contributed by atoms with Crippen LogP contribution in [0.3, 0.4) is 0 Å². The van der Waals surface area contributed by atoms with Gasteiger partial charge < -0.3 is 9.67 Å². The number of aliphatic hydroxyl groups excluding tert-OH is 1. The number of thioether (sulfide) groups is 1. The Morgan fingerprint density at radius 3 is 2.75 bits per heavy atom. The molecule has 4 nitrogen and oxygen atoms in total. The molecular formula is C20H18Cl2FN3OS. The molecule has 28 heavy (non-hydrogen) atoms. The highest BCUT2D eigenvalue weighted by atomic mass is 35.5. The van der Waals surface area contributed by atoms with Gasteiger partial charge >= 0.3 is 0 Å². The number of nitrogens with zero attached hydrogens (tertiary/aromatic N) is 3. The van der Waals surface area contributed by atoms with Crippen molar-refractivity contribution in [1.82, 2.24) is 14.8 Å². The first-order chi connectivity index (χ1) is 13.4. The van der Waals surface area contributed by atoms with Gasteiger partial charge in [-0.3, -0.25) is 0 Å². The van der Waals surface area contributed by atoms with Crippen molar-refractivity contribution in [2.24, 2.45) is 0 Å². The quantitative estimate of drug-likeness (QED) is 0.619. The van der Waals surface area contributed by atoms with Crippen molar-refractivity contribution in [3.05, 3.63) is 58.1 Å². The van der Waals surface area contributed by atoms with Crippen LogP contribution in [-0.2, 0) is 13.0 Å². The first-order valence-corrected chi connectivity index (χ1v) is 10.6. The van der Waals surface area contributed by atoms with E-state index < -0.39 is 0 Å². The van der Waals surface area contributed by atoms with Crippen LogP contribution in [0.2, 0.25) is 10.0 Å². The largest absolute Gasteiger partial charge is 0.395 e. The van der Waals surface area contributed by atoms with Gasteiger partial charge in [-0.2, -0.15) is 11.8 Å². The average Bonchev–Trinajstić information content (AvgIpc) is 2.97. The van der Waals surface area contributed by atoms with Crippen LogP contribution < -0.4 is 0 Å². The van der Waals surface area contributed by atoms with E-state index in [1.54, 1.807) is 30.0 Å². The van der Waals surface area contributed by atoms with Gasteiger partial charge in [0.05, 0.1) is 11.6 Å². The minimum Gasteiger partial charge on any atom is -0.395 e. The number of rotatable bonds is 3. The Hall–Kier alpha value is -1.60. The van der Waals surface area contributed by atoms with Gasteiger partial charge in [-0.05, 0) is 42.8 Å². The van der Waals surface area contributed by atoms with E-state index in [-0.39, 0.29) is 17.2 Å². The Bertz CT molecular complexity index is 1040. The molecule has 2 aromatic carbocycles. The van der Waals surface area contributed by atoms with Gasteiger partial charge in [0, 0.05) is 39.6 Å². The molecule has 4 rings (SSSR count). The van der Waals surface area contributed by atoms with Crippen LogP contribution in [0, 0.1) is 5.82 Å². The fourth-order valence-electron chi connectivity index (χ4n) is 3.35. The van der Waals surface area contributed by atoms with E-state index in [1.165, 1.54) is 12.1 Å². The lowest BCUT2D eigenvalue weighted by Gasteiger charge is -2.23. The van der Waals surface area contributed by atoms with Crippen molar-refractivity contribution in [2.75, 3.05) is 12.4 Å². The number of halogens is 3. The van der Waals surface area contributed by atoms with E-state index in [4.69, 9.17) is 23.2 Å². The van der Waals surface area contributed by atoms with Crippen LogP contribution in [-0.4, -0.2) is 37.0 Å². The summed E-state index contributed by atoms with van der Waals surface area (Å²) in [6.45, 7) is 2.85.